The fourth-order valence-corrected chi connectivity index (χ4v) is 2.74. The van der Waals surface area contributed by atoms with Gasteiger partial charge in [0.15, 0.2) is 0 Å². The van der Waals surface area contributed by atoms with E-state index in [-0.39, 0.29) is 5.69 Å². The molecule has 0 radical (unpaired) electrons. The molecule has 1 aromatic carbocycles. The average Bonchev–Trinajstić information content (AvgIpc) is 3.09. The van der Waals surface area contributed by atoms with Crippen molar-refractivity contribution in [1.29, 1.82) is 0 Å². The summed E-state index contributed by atoms with van der Waals surface area (Å²) in [7, 11) is 0. The molecule has 0 spiro atoms. The number of rotatable bonds is 3. The number of benzene rings is 1. The molecule has 4 nitrogen and oxygen atoms in total. The number of amides is 1. The van der Waals surface area contributed by atoms with Crippen molar-refractivity contribution >= 4 is 17.3 Å². The second-order valence-corrected chi connectivity index (χ2v) is 5.61. The van der Waals surface area contributed by atoms with Crippen molar-refractivity contribution in [2.45, 2.75) is 19.0 Å². The van der Waals surface area contributed by atoms with Gasteiger partial charge in [-0.05, 0) is 43.2 Å². The lowest BCUT2D eigenvalue weighted by atomic mass is 10.1. The Morgan fingerprint density at radius 3 is 2.38 bits per heavy atom. The lowest BCUT2D eigenvalue weighted by Crippen LogP contribution is -2.22. The number of nitrogens with zero attached hydrogens (tertiary/aromatic N) is 2. The van der Waals surface area contributed by atoms with Crippen molar-refractivity contribution in [2.24, 2.45) is 0 Å². The standard InChI is InChI=1S/C17H16F3N3O/c18-17(19,20)13-3-4-15(23-9-1-2-10-23)14(11-13)22-16(24)12-5-7-21-8-6-12/h3-8,11H,1-2,9-10H2,(H,22,24). The van der Waals surface area contributed by atoms with Gasteiger partial charge in [-0.15, -0.1) is 0 Å². The van der Waals surface area contributed by atoms with E-state index < -0.39 is 17.6 Å². The number of hydrogen-bond acceptors (Lipinski definition) is 3. The first-order valence-corrected chi connectivity index (χ1v) is 7.63. The summed E-state index contributed by atoms with van der Waals surface area (Å²) in [6.45, 7) is 1.53. The van der Waals surface area contributed by atoms with E-state index in [1.807, 2.05) is 4.90 Å². The topological polar surface area (TPSA) is 45.2 Å². The van der Waals surface area contributed by atoms with Crippen LogP contribution in [0.15, 0.2) is 42.7 Å². The van der Waals surface area contributed by atoms with E-state index in [2.05, 4.69) is 10.3 Å². The van der Waals surface area contributed by atoms with E-state index in [0.717, 1.165) is 38.1 Å². The van der Waals surface area contributed by atoms with Crippen LogP contribution in [0, 0.1) is 0 Å². The van der Waals surface area contributed by atoms with Gasteiger partial charge in [0.25, 0.3) is 5.91 Å². The predicted molar refractivity (Wildman–Crippen MR) is 85.1 cm³/mol. The molecule has 1 amide bonds. The van der Waals surface area contributed by atoms with Crippen LogP contribution in [0.5, 0.6) is 0 Å². The van der Waals surface area contributed by atoms with Gasteiger partial charge in [0.1, 0.15) is 0 Å². The summed E-state index contributed by atoms with van der Waals surface area (Å²) >= 11 is 0. The van der Waals surface area contributed by atoms with Crippen molar-refractivity contribution in [1.82, 2.24) is 4.98 Å². The molecule has 1 saturated heterocycles. The van der Waals surface area contributed by atoms with Crippen LogP contribution in [0.1, 0.15) is 28.8 Å². The van der Waals surface area contributed by atoms with Gasteiger partial charge >= 0.3 is 6.18 Å². The van der Waals surface area contributed by atoms with Crippen molar-refractivity contribution in [3.63, 3.8) is 0 Å². The molecule has 1 aliphatic rings. The summed E-state index contributed by atoms with van der Waals surface area (Å²) < 4.78 is 39.0. The number of alkyl halides is 3. The van der Waals surface area contributed by atoms with Crippen LogP contribution in [0.2, 0.25) is 0 Å². The van der Waals surface area contributed by atoms with Gasteiger partial charge in [0, 0.05) is 31.0 Å². The number of hydrogen-bond donors (Lipinski definition) is 1. The van der Waals surface area contributed by atoms with Crippen LogP contribution in [0.4, 0.5) is 24.5 Å². The summed E-state index contributed by atoms with van der Waals surface area (Å²) in [6.07, 6.45) is 0.433. The van der Waals surface area contributed by atoms with Crippen LogP contribution >= 0.6 is 0 Å². The summed E-state index contributed by atoms with van der Waals surface area (Å²) in [6, 6.07) is 6.50. The minimum absolute atomic E-state index is 0.175. The Bertz CT molecular complexity index is 726. The van der Waals surface area contributed by atoms with Crippen molar-refractivity contribution in [3.8, 4) is 0 Å². The zero-order chi connectivity index (χ0) is 17.2. The van der Waals surface area contributed by atoms with Crippen LogP contribution < -0.4 is 10.2 Å². The van der Waals surface area contributed by atoms with Gasteiger partial charge in [-0.3, -0.25) is 9.78 Å². The zero-order valence-corrected chi connectivity index (χ0v) is 12.8. The highest BCUT2D eigenvalue weighted by molar-refractivity contribution is 6.06. The smallest absolute Gasteiger partial charge is 0.370 e. The maximum atomic E-state index is 13.0. The van der Waals surface area contributed by atoms with Gasteiger partial charge in [-0.25, -0.2) is 0 Å². The molecule has 3 rings (SSSR count). The van der Waals surface area contributed by atoms with Gasteiger partial charge in [0.05, 0.1) is 16.9 Å². The number of pyridine rings is 1. The minimum Gasteiger partial charge on any atom is -0.370 e. The Kier molecular flexibility index (Phi) is 4.42. The van der Waals surface area contributed by atoms with Crippen molar-refractivity contribution in [2.75, 3.05) is 23.3 Å². The largest absolute Gasteiger partial charge is 0.416 e. The molecule has 7 heteroatoms. The van der Waals surface area contributed by atoms with Crippen LogP contribution in [0.25, 0.3) is 0 Å². The Balaban J connectivity index is 1.94. The molecule has 0 unspecified atom stereocenters. The Morgan fingerprint density at radius 2 is 1.75 bits per heavy atom. The van der Waals surface area contributed by atoms with Crippen LogP contribution in [-0.4, -0.2) is 24.0 Å². The Labute approximate surface area is 137 Å². The summed E-state index contributed by atoms with van der Waals surface area (Å²) in [4.78, 5) is 18.1. The van der Waals surface area contributed by atoms with E-state index in [9.17, 15) is 18.0 Å². The maximum absolute atomic E-state index is 13.0. The highest BCUT2D eigenvalue weighted by Gasteiger charge is 2.32. The van der Waals surface area contributed by atoms with E-state index in [4.69, 9.17) is 0 Å². The normalized spacial score (nSPS) is 14.7. The Morgan fingerprint density at radius 1 is 1.08 bits per heavy atom. The summed E-state index contributed by atoms with van der Waals surface area (Å²) in [5.74, 6) is -0.461. The Hall–Kier alpha value is -2.57. The molecular weight excluding hydrogens is 319 g/mol. The first kappa shape index (κ1) is 16.3. The average molecular weight is 335 g/mol. The molecule has 1 N–H and O–H groups in total. The molecule has 1 aromatic heterocycles. The molecule has 0 bridgehead atoms. The van der Waals surface area contributed by atoms with E-state index >= 15 is 0 Å². The number of halogens is 3. The third-order valence-corrected chi connectivity index (χ3v) is 3.96. The highest BCUT2D eigenvalue weighted by atomic mass is 19.4. The third kappa shape index (κ3) is 3.50. The molecule has 1 fully saturated rings. The van der Waals surface area contributed by atoms with E-state index in [1.165, 1.54) is 30.6 Å². The van der Waals surface area contributed by atoms with Crippen molar-refractivity contribution in [3.05, 3.63) is 53.9 Å². The lowest BCUT2D eigenvalue weighted by Gasteiger charge is -2.23. The lowest BCUT2D eigenvalue weighted by molar-refractivity contribution is -0.137. The molecule has 24 heavy (non-hydrogen) atoms. The van der Waals surface area contributed by atoms with Crippen LogP contribution in [0.3, 0.4) is 0 Å². The SMILES string of the molecule is O=C(Nc1cc(C(F)(F)F)ccc1N1CCCC1)c1ccncc1. The van der Waals surface area contributed by atoms with Gasteiger partial charge < -0.3 is 10.2 Å². The third-order valence-electron chi connectivity index (χ3n) is 3.96. The zero-order valence-electron chi connectivity index (χ0n) is 12.8. The second kappa shape index (κ2) is 6.51. The fraction of sp³-hybridized carbons (Fsp3) is 0.294. The minimum atomic E-state index is -4.46. The first-order chi connectivity index (χ1) is 11.4. The number of carbonyl (C=O) groups excluding carboxylic acids is 1. The number of anilines is 2. The van der Waals surface area contributed by atoms with Crippen LogP contribution in [-0.2, 0) is 6.18 Å². The monoisotopic (exact) mass is 335 g/mol. The summed E-state index contributed by atoms with van der Waals surface area (Å²) in [5, 5.41) is 2.61. The summed E-state index contributed by atoms with van der Waals surface area (Å²) in [5.41, 5.74) is 0.349. The number of carbonyl (C=O) groups is 1. The van der Waals surface area contributed by atoms with Gasteiger partial charge in [0.2, 0.25) is 0 Å². The number of aromatic nitrogens is 1. The molecule has 126 valence electrons. The molecule has 0 saturated carbocycles. The van der Waals surface area contributed by atoms with Gasteiger partial charge in [-0.1, -0.05) is 0 Å². The molecule has 0 aliphatic carbocycles. The number of nitrogens with one attached hydrogen (secondary N) is 1. The second-order valence-electron chi connectivity index (χ2n) is 5.61. The first-order valence-electron chi connectivity index (χ1n) is 7.63. The molecule has 2 heterocycles. The van der Waals surface area contributed by atoms with E-state index in [0.29, 0.717) is 11.3 Å². The van der Waals surface area contributed by atoms with Gasteiger partial charge in [-0.2, -0.15) is 13.2 Å². The van der Waals surface area contributed by atoms with E-state index in [1.54, 1.807) is 0 Å². The predicted octanol–water partition coefficient (Wildman–Crippen LogP) is 3.95. The molecular formula is C17H16F3N3O. The van der Waals surface area contributed by atoms with Crippen molar-refractivity contribution < 1.29 is 18.0 Å². The molecule has 2 aromatic rings. The highest BCUT2D eigenvalue weighted by Crippen LogP contribution is 2.36. The molecule has 1 aliphatic heterocycles. The fourth-order valence-electron chi connectivity index (χ4n) is 2.74. The quantitative estimate of drug-likeness (QED) is 0.924. The molecule has 0 atom stereocenters. The maximum Gasteiger partial charge on any atom is 0.416 e.